The van der Waals surface area contributed by atoms with E-state index in [4.69, 9.17) is 16.3 Å². The highest BCUT2D eigenvalue weighted by Crippen LogP contribution is 2.39. The highest BCUT2D eigenvalue weighted by molar-refractivity contribution is 6.30. The molecular weight excluding hydrogens is 357 g/mol. The maximum Gasteiger partial charge on any atom is 0.320 e. The Morgan fingerprint density at radius 1 is 1.27 bits per heavy atom. The van der Waals surface area contributed by atoms with Crippen molar-refractivity contribution in [2.75, 3.05) is 13.7 Å². The first-order valence-corrected chi connectivity index (χ1v) is 8.96. The van der Waals surface area contributed by atoms with Crippen LogP contribution < -0.4 is 4.74 Å². The molecule has 0 spiro atoms. The predicted molar refractivity (Wildman–Crippen MR) is 98.2 cm³/mol. The summed E-state index contributed by atoms with van der Waals surface area (Å²) in [6, 6.07) is 10.5. The molecule has 0 aromatic heterocycles. The van der Waals surface area contributed by atoms with Crippen LogP contribution in [0.4, 0.5) is 4.39 Å². The van der Waals surface area contributed by atoms with Crippen molar-refractivity contribution in [3.63, 3.8) is 0 Å². The minimum atomic E-state index is -0.862. The van der Waals surface area contributed by atoms with Gasteiger partial charge in [-0.05, 0) is 55.3 Å². The number of hydrogen-bond donors (Lipinski definition) is 1. The van der Waals surface area contributed by atoms with Gasteiger partial charge in [0, 0.05) is 10.6 Å². The quantitative estimate of drug-likeness (QED) is 0.832. The molecule has 138 valence electrons. The molecule has 1 N–H and O–H groups in total. The second kappa shape index (κ2) is 8.06. The Balaban J connectivity index is 2.15. The van der Waals surface area contributed by atoms with Crippen LogP contribution in [-0.4, -0.2) is 35.7 Å². The monoisotopic (exact) mass is 377 g/mol. The molecule has 3 rings (SSSR count). The second-order valence-corrected chi connectivity index (χ2v) is 6.86. The molecule has 1 fully saturated rings. The van der Waals surface area contributed by atoms with Crippen LogP contribution in [0, 0.1) is 5.82 Å². The largest absolute Gasteiger partial charge is 0.496 e. The van der Waals surface area contributed by atoms with E-state index in [9.17, 15) is 14.3 Å². The van der Waals surface area contributed by atoms with Crippen molar-refractivity contribution in [1.82, 2.24) is 4.90 Å². The average molecular weight is 378 g/mol. The van der Waals surface area contributed by atoms with Crippen LogP contribution in [0.1, 0.15) is 36.4 Å². The lowest BCUT2D eigenvalue weighted by atomic mass is 9.91. The number of hydrogen-bond acceptors (Lipinski definition) is 3. The third-order valence-corrected chi connectivity index (χ3v) is 5.08. The zero-order valence-corrected chi connectivity index (χ0v) is 15.2. The summed E-state index contributed by atoms with van der Waals surface area (Å²) in [5.41, 5.74) is 1.47. The van der Waals surface area contributed by atoms with Crippen LogP contribution >= 0.6 is 11.6 Å². The fourth-order valence-electron chi connectivity index (χ4n) is 3.64. The molecule has 0 saturated carbocycles. The maximum atomic E-state index is 14.0. The first-order valence-electron chi connectivity index (χ1n) is 8.58. The van der Waals surface area contributed by atoms with Crippen LogP contribution in [0.3, 0.4) is 0 Å². The molecule has 1 aliphatic rings. The number of carboxylic acid groups (broad SMARTS) is 1. The van der Waals surface area contributed by atoms with Crippen LogP contribution in [0.25, 0.3) is 0 Å². The molecule has 0 amide bonds. The van der Waals surface area contributed by atoms with Crippen molar-refractivity contribution in [3.05, 3.63) is 64.4 Å². The number of carboxylic acids is 1. The smallest absolute Gasteiger partial charge is 0.320 e. The lowest BCUT2D eigenvalue weighted by molar-refractivity contribution is -0.145. The molecule has 1 saturated heterocycles. The molecule has 0 bridgehead atoms. The van der Waals surface area contributed by atoms with Crippen LogP contribution in [0.15, 0.2) is 42.5 Å². The van der Waals surface area contributed by atoms with E-state index in [1.165, 1.54) is 19.2 Å². The van der Waals surface area contributed by atoms with E-state index in [0.29, 0.717) is 29.3 Å². The number of nitrogens with zero attached hydrogens (tertiary/aromatic N) is 1. The lowest BCUT2D eigenvalue weighted by Crippen LogP contribution is -2.46. The Labute approximate surface area is 157 Å². The van der Waals surface area contributed by atoms with Gasteiger partial charge in [-0.3, -0.25) is 9.69 Å². The molecule has 1 heterocycles. The fraction of sp³-hybridized carbons (Fsp3) is 0.350. The van der Waals surface area contributed by atoms with E-state index in [2.05, 4.69) is 0 Å². The minimum absolute atomic E-state index is 0.386. The van der Waals surface area contributed by atoms with E-state index >= 15 is 0 Å². The van der Waals surface area contributed by atoms with Crippen LogP contribution in [0.5, 0.6) is 5.75 Å². The van der Waals surface area contributed by atoms with Crippen LogP contribution in [-0.2, 0) is 4.79 Å². The van der Waals surface area contributed by atoms with Crippen molar-refractivity contribution in [2.24, 2.45) is 0 Å². The molecule has 2 atom stereocenters. The number of piperidine rings is 1. The molecule has 0 aliphatic carbocycles. The summed E-state index contributed by atoms with van der Waals surface area (Å²) in [4.78, 5) is 13.8. The number of benzene rings is 2. The van der Waals surface area contributed by atoms with Gasteiger partial charge in [0.05, 0.1) is 13.2 Å². The van der Waals surface area contributed by atoms with Gasteiger partial charge in [-0.2, -0.15) is 0 Å². The van der Waals surface area contributed by atoms with Crippen molar-refractivity contribution < 1.29 is 19.0 Å². The Morgan fingerprint density at radius 3 is 2.65 bits per heavy atom. The summed E-state index contributed by atoms with van der Waals surface area (Å²) in [5.74, 6) is -0.719. The van der Waals surface area contributed by atoms with Gasteiger partial charge in [0.2, 0.25) is 0 Å². The Bertz CT molecular complexity index is 781. The average Bonchev–Trinajstić information content (AvgIpc) is 2.64. The number of rotatable bonds is 5. The number of aliphatic carboxylic acids is 1. The second-order valence-electron chi connectivity index (χ2n) is 6.43. The van der Waals surface area contributed by atoms with Crippen molar-refractivity contribution in [2.45, 2.75) is 31.3 Å². The van der Waals surface area contributed by atoms with Crippen molar-refractivity contribution >= 4 is 17.6 Å². The first kappa shape index (κ1) is 18.7. The first-order chi connectivity index (χ1) is 12.5. The van der Waals surface area contributed by atoms with Gasteiger partial charge in [0.25, 0.3) is 0 Å². The summed E-state index contributed by atoms with van der Waals surface area (Å²) in [6.45, 7) is 0.615. The fourth-order valence-corrected chi connectivity index (χ4v) is 3.77. The Kier molecular flexibility index (Phi) is 5.79. The van der Waals surface area contributed by atoms with E-state index in [-0.39, 0.29) is 5.82 Å². The van der Waals surface area contributed by atoms with Gasteiger partial charge in [-0.25, -0.2) is 4.39 Å². The third kappa shape index (κ3) is 3.84. The number of likely N-dealkylation sites (tertiary alicyclic amines) is 1. The third-order valence-electron chi connectivity index (χ3n) is 4.83. The van der Waals surface area contributed by atoms with Gasteiger partial charge in [0.1, 0.15) is 17.6 Å². The Hall–Kier alpha value is -2.11. The van der Waals surface area contributed by atoms with Gasteiger partial charge in [-0.15, -0.1) is 0 Å². The Morgan fingerprint density at radius 2 is 2.00 bits per heavy atom. The SMILES string of the molecule is COc1ccc(F)cc1C(c1ccc(Cl)cc1)N1CCCCC1C(=O)O. The highest BCUT2D eigenvalue weighted by Gasteiger charge is 2.36. The molecule has 1 aliphatic heterocycles. The van der Waals surface area contributed by atoms with Gasteiger partial charge < -0.3 is 9.84 Å². The van der Waals surface area contributed by atoms with E-state index in [0.717, 1.165) is 18.4 Å². The van der Waals surface area contributed by atoms with Crippen LogP contribution in [0.2, 0.25) is 5.02 Å². The molecular formula is C20H21ClFNO3. The van der Waals surface area contributed by atoms with Gasteiger partial charge in [0.15, 0.2) is 0 Å². The van der Waals surface area contributed by atoms with E-state index in [1.54, 1.807) is 18.2 Å². The molecule has 2 aromatic rings. The number of halogens is 2. The standard InChI is InChI=1S/C20H21ClFNO3/c1-26-18-10-9-15(22)12-16(18)19(13-5-7-14(21)8-6-13)23-11-3-2-4-17(23)20(24)25/h5-10,12,17,19H,2-4,11H2,1H3,(H,24,25). The van der Waals surface area contributed by atoms with Gasteiger partial charge >= 0.3 is 5.97 Å². The zero-order chi connectivity index (χ0) is 18.7. The topological polar surface area (TPSA) is 49.8 Å². The maximum absolute atomic E-state index is 14.0. The molecule has 0 radical (unpaired) electrons. The van der Waals surface area contributed by atoms with Crippen molar-refractivity contribution in [1.29, 1.82) is 0 Å². The molecule has 2 unspecified atom stereocenters. The lowest BCUT2D eigenvalue weighted by Gasteiger charge is -2.40. The normalized spacial score (nSPS) is 19.1. The molecule has 26 heavy (non-hydrogen) atoms. The van der Waals surface area contributed by atoms with E-state index < -0.39 is 18.1 Å². The van der Waals surface area contributed by atoms with Crippen molar-refractivity contribution in [3.8, 4) is 5.75 Å². The summed E-state index contributed by atoms with van der Waals surface area (Å²) in [5, 5.41) is 10.3. The molecule has 2 aromatic carbocycles. The summed E-state index contributed by atoms with van der Waals surface area (Å²) in [6.07, 6.45) is 2.32. The number of carbonyl (C=O) groups is 1. The summed E-state index contributed by atoms with van der Waals surface area (Å²) >= 11 is 6.02. The highest BCUT2D eigenvalue weighted by atomic mass is 35.5. The van der Waals surface area contributed by atoms with Gasteiger partial charge in [-0.1, -0.05) is 30.2 Å². The minimum Gasteiger partial charge on any atom is -0.496 e. The zero-order valence-electron chi connectivity index (χ0n) is 14.5. The summed E-state index contributed by atoms with van der Waals surface area (Å²) in [7, 11) is 1.53. The summed E-state index contributed by atoms with van der Waals surface area (Å²) < 4.78 is 19.5. The predicted octanol–water partition coefficient (Wildman–Crippen LogP) is 4.52. The number of ether oxygens (including phenoxy) is 1. The molecule has 6 heteroatoms. The number of methoxy groups -OCH3 is 1. The molecule has 4 nitrogen and oxygen atoms in total. The van der Waals surface area contributed by atoms with E-state index in [1.807, 2.05) is 17.0 Å².